The Hall–Kier alpha value is -2.03. The summed E-state index contributed by atoms with van der Waals surface area (Å²) >= 11 is 0. The summed E-state index contributed by atoms with van der Waals surface area (Å²) in [4.78, 5) is 10.8. The highest BCUT2D eigenvalue weighted by Gasteiger charge is 2.04. The first-order valence-corrected chi connectivity index (χ1v) is 5.20. The van der Waals surface area contributed by atoms with Gasteiger partial charge in [-0.3, -0.25) is 4.79 Å². The monoisotopic (exact) mass is 215 g/mol. The molecule has 0 aliphatic heterocycles. The van der Waals surface area contributed by atoms with Crippen molar-refractivity contribution >= 4 is 6.29 Å². The number of nitrogens with zero attached hydrogens (tertiary/aromatic N) is 1. The number of carbonyl (C=O) groups is 1. The third-order valence-electron chi connectivity index (χ3n) is 2.33. The highest BCUT2D eigenvalue weighted by Crippen LogP contribution is 2.21. The minimum Gasteiger partial charge on any atom is -0.493 e. The van der Waals surface area contributed by atoms with Crippen LogP contribution in [-0.4, -0.2) is 17.5 Å². The summed E-state index contributed by atoms with van der Waals surface area (Å²) < 4.78 is 7.39. The van der Waals surface area contributed by atoms with Gasteiger partial charge >= 0.3 is 0 Å². The maximum Gasteiger partial charge on any atom is 0.153 e. The molecule has 2 rings (SSSR count). The van der Waals surface area contributed by atoms with Gasteiger partial charge in [-0.1, -0.05) is 0 Å². The van der Waals surface area contributed by atoms with Crippen LogP contribution < -0.4 is 4.74 Å². The number of carbonyl (C=O) groups excluding carboxylic acids is 1. The van der Waals surface area contributed by atoms with Crippen molar-refractivity contribution in [3.63, 3.8) is 0 Å². The van der Waals surface area contributed by atoms with Crippen molar-refractivity contribution in [3.05, 3.63) is 48.3 Å². The van der Waals surface area contributed by atoms with Gasteiger partial charge in [0, 0.05) is 24.1 Å². The number of hydrogen-bond donors (Lipinski definition) is 0. The molecule has 0 saturated heterocycles. The number of rotatable bonds is 4. The molecule has 1 aromatic carbocycles. The number of ether oxygens (including phenoxy) is 1. The molecule has 0 spiro atoms. The van der Waals surface area contributed by atoms with Crippen molar-refractivity contribution in [1.29, 1.82) is 0 Å². The average molecular weight is 215 g/mol. The maximum atomic E-state index is 10.8. The van der Waals surface area contributed by atoms with Crippen LogP contribution in [-0.2, 0) is 0 Å². The molecule has 0 aliphatic rings. The molecule has 0 saturated carbocycles. The summed E-state index contributed by atoms with van der Waals surface area (Å²) in [5.74, 6) is 0.628. The van der Waals surface area contributed by atoms with E-state index in [4.69, 9.17) is 4.74 Å². The predicted molar refractivity (Wildman–Crippen MR) is 62.3 cm³/mol. The second-order valence-electron chi connectivity index (χ2n) is 3.36. The molecule has 0 fully saturated rings. The lowest BCUT2D eigenvalue weighted by Gasteiger charge is -2.09. The minimum atomic E-state index is 0.552. The van der Waals surface area contributed by atoms with E-state index in [0.717, 1.165) is 12.0 Å². The van der Waals surface area contributed by atoms with E-state index in [0.29, 0.717) is 17.9 Å². The van der Waals surface area contributed by atoms with Gasteiger partial charge in [-0.2, -0.15) is 0 Å². The number of hydrogen-bond acceptors (Lipinski definition) is 2. The van der Waals surface area contributed by atoms with Gasteiger partial charge in [0.15, 0.2) is 6.29 Å². The van der Waals surface area contributed by atoms with Crippen LogP contribution >= 0.6 is 0 Å². The highest BCUT2D eigenvalue weighted by molar-refractivity contribution is 5.80. The van der Waals surface area contributed by atoms with Gasteiger partial charge in [-0.25, -0.2) is 0 Å². The molecular weight excluding hydrogens is 202 g/mol. The van der Waals surface area contributed by atoms with E-state index < -0.39 is 0 Å². The average Bonchev–Trinajstić information content (AvgIpc) is 2.83. The molecule has 0 bridgehead atoms. The van der Waals surface area contributed by atoms with E-state index >= 15 is 0 Å². The van der Waals surface area contributed by atoms with Crippen LogP contribution in [0.5, 0.6) is 5.75 Å². The van der Waals surface area contributed by atoms with Gasteiger partial charge in [0.05, 0.1) is 12.2 Å². The van der Waals surface area contributed by atoms with Gasteiger partial charge in [0.25, 0.3) is 0 Å². The Morgan fingerprint density at radius 1 is 1.31 bits per heavy atom. The largest absolute Gasteiger partial charge is 0.493 e. The summed E-state index contributed by atoms with van der Waals surface area (Å²) in [7, 11) is 0. The van der Waals surface area contributed by atoms with Crippen LogP contribution in [0.2, 0.25) is 0 Å². The van der Waals surface area contributed by atoms with Gasteiger partial charge in [0.1, 0.15) is 5.75 Å². The zero-order chi connectivity index (χ0) is 11.4. The Morgan fingerprint density at radius 2 is 2.06 bits per heavy atom. The standard InChI is InChI=1S/C13H13NO2/c1-2-16-13-9-12(6-5-11(13)10-15)14-7-3-4-8-14/h3-10H,2H2,1H3. The van der Waals surface area contributed by atoms with E-state index in [9.17, 15) is 4.79 Å². The van der Waals surface area contributed by atoms with E-state index in [1.165, 1.54) is 0 Å². The molecule has 82 valence electrons. The Morgan fingerprint density at radius 3 is 2.69 bits per heavy atom. The van der Waals surface area contributed by atoms with Crippen molar-refractivity contribution < 1.29 is 9.53 Å². The molecule has 0 radical (unpaired) electrons. The van der Waals surface area contributed by atoms with E-state index in [2.05, 4.69) is 0 Å². The molecule has 2 aromatic rings. The fraction of sp³-hybridized carbons (Fsp3) is 0.154. The lowest BCUT2D eigenvalue weighted by atomic mass is 10.2. The minimum absolute atomic E-state index is 0.552. The SMILES string of the molecule is CCOc1cc(-n2cccc2)ccc1C=O. The number of aldehydes is 1. The highest BCUT2D eigenvalue weighted by atomic mass is 16.5. The lowest BCUT2D eigenvalue weighted by molar-refractivity contribution is 0.112. The van der Waals surface area contributed by atoms with E-state index in [-0.39, 0.29) is 0 Å². The fourth-order valence-electron chi connectivity index (χ4n) is 1.57. The van der Waals surface area contributed by atoms with Gasteiger partial charge in [0.2, 0.25) is 0 Å². The third kappa shape index (κ3) is 1.98. The van der Waals surface area contributed by atoms with Crippen molar-refractivity contribution in [2.24, 2.45) is 0 Å². The summed E-state index contributed by atoms with van der Waals surface area (Å²) in [6.07, 6.45) is 4.71. The summed E-state index contributed by atoms with van der Waals surface area (Å²) in [5, 5.41) is 0. The van der Waals surface area contributed by atoms with Gasteiger partial charge in [-0.15, -0.1) is 0 Å². The molecule has 0 unspecified atom stereocenters. The number of aromatic nitrogens is 1. The lowest BCUT2D eigenvalue weighted by Crippen LogP contribution is -1.98. The van der Waals surface area contributed by atoms with Gasteiger partial charge in [-0.05, 0) is 31.2 Å². The van der Waals surface area contributed by atoms with Crippen molar-refractivity contribution in [2.75, 3.05) is 6.61 Å². The first kappa shape index (κ1) is 10.5. The zero-order valence-corrected chi connectivity index (χ0v) is 9.09. The second-order valence-corrected chi connectivity index (χ2v) is 3.36. The molecule has 3 heteroatoms. The summed E-state index contributed by atoms with van der Waals surface area (Å²) in [6, 6.07) is 9.44. The zero-order valence-electron chi connectivity index (χ0n) is 9.09. The van der Waals surface area contributed by atoms with Crippen LogP contribution in [0.3, 0.4) is 0 Å². The summed E-state index contributed by atoms with van der Waals surface area (Å²) in [5.41, 5.74) is 1.57. The summed E-state index contributed by atoms with van der Waals surface area (Å²) in [6.45, 7) is 2.45. The molecular formula is C13H13NO2. The van der Waals surface area contributed by atoms with Crippen LogP contribution in [0, 0.1) is 0 Å². The molecule has 1 aromatic heterocycles. The molecule has 3 nitrogen and oxygen atoms in total. The molecule has 0 amide bonds. The Bertz CT molecular complexity index is 475. The quantitative estimate of drug-likeness (QED) is 0.734. The maximum absolute atomic E-state index is 10.8. The van der Waals surface area contributed by atoms with Crippen molar-refractivity contribution in [1.82, 2.24) is 4.57 Å². The molecule has 0 N–H and O–H groups in total. The predicted octanol–water partition coefficient (Wildman–Crippen LogP) is 2.69. The van der Waals surface area contributed by atoms with Crippen LogP contribution in [0.4, 0.5) is 0 Å². The Labute approximate surface area is 94.3 Å². The first-order valence-electron chi connectivity index (χ1n) is 5.20. The first-order chi connectivity index (χ1) is 7.85. The van der Waals surface area contributed by atoms with Crippen molar-refractivity contribution in [3.8, 4) is 11.4 Å². The van der Waals surface area contributed by atoms with E-state index in [1.54, 1.807) is 6.07 Å². The smallest absolute Gasteiger partial charge is 0.153 e. The third-order valence-corrected chi connectivity index (χ3v) is 2.33. The molecule has 1 heterocycles. The fourth-order valence-corrected chi connectivity index (χ4v) is 1.57. The number of benzene rings is 1. The van der Waals surface area contributed by atoms with Crippen LogP contribution in [0.1, 0.15) is 17.3 Å². The Kier molecular flexibility index (Phi) is 3.05. The van der Waals surface area contributed by atoms with E-state index in [1.807, 2.05) is 48.1 Å². The molecule has 16 heavy (non-hydrogen) atoms. The topological polar surface area (TPSA) is 31.2 Å². The molecule has 0 aliphatic carbocycles. The van der Waals surface area contributed by atoms with Crippen LogP contribution in [0.15, 0.2) is 42.7 Å². The van der Waals surface area contributed by atoms with Gasteiger partial charge < -0.3 is 9.30 Å². The Balaban J connectivity index is 2.42. The van der Waals surface area contributed by atoms with Crippen LogP contribution in [0.25, 0.3) is 5.69 Å². The normalized spacial score (nSPS) is 10.1. The van der Waals surface area contributed by atoms with Crippen molar-refractivity contribution in [2.45, 2.75) is 6.92 Å². The second kappa shape index (κ2) is 4.66. The molecule has 0 atom stereocenters.